The Balaban J connectivity index is -0.000000568. The molecule has 0 spiro atoms. The van der Waals surface area contributed by atoms with Crippen molar-refractivity contribution in [2.45, 2.75) is 142 Å². The zero-order chi connectivity index (χ0) is 26.5. The molecule has 0 aliphatic rings. The Hall–Kier alpha value is -2.12. The van der Waals surface area contributed by atoms with Gasteiger partial charge < -0.3 is 20.4 Å². The van der Waals surface area contributed by atoms with Crippen molar-refractivity contribution in [2.24, 2.45) is 0 Å². The standard InChI is InChI=1S/C18H36O2.C6H10O4.C2H4O2/c1-2-3-4-5-6-7-8-9-10-11-12-13-14-15-16-17-18(19)20;7-5(8)3-1-2-4-6(9)10;1-2(3)4/h2-17H2,1H3,(H,19,20);1-4H2,(H,7,8)(H,9,10);1H3,(H,3,4). The molecule has 0 aromatic heterocycles. The Morgan fingerprint density at radius 3 is 0.794 bits per heavy atom. The molecule has 0 aromatic carbocycles. The van der Waals surface area contributed by atoms with Crippen LogP contribution in [-0.2, 0) is 19.2 Å². The average molecular weight is 491 g/mol. The van der Waals surface area contributed by atoms with E-state index in [0.29, 0.717) is 19.3 Å². The van der Waals surface area contributed by atoms with E-state index in [1.54, 1.807) is 0 Å². The van der Waals surface area contributed by atoms with Crippen molar-refractivity contribution in [1.29, 1.82) is 0 Å². The SMILES string of the molecule is CC(=O)O.CCCCCCCCCCCCCCCCCC(=O)O.O=C(O)CCCCC(=O)O. The van der Waals surface area contributed by atoms with E-state index in [-0.39, 0.29) is 12.8 Å². The van der Waals surface area contributed by atoms with Crippen molar-refractivity contribution >= 4 is 23.9 Å². The van der Waals surface area contributed by atoms with Crippen LogP contribution in [0.15, 0.2) is 0 Å². The van der Waals surface area contributed by atoms with Crippen molar-refractivity contribution in [2.75, 3.05) is 0 Å². The first-order chi connectivity index (χ1) is 16.1. The molecular weight excluding hydrogens is 440 g/mol. The van der Waals surface area contributed by atoms with Gasteiger partial charge in [0.15, 0.2) is 0 Å². The van der Waals surface area contributed by atoms with Gasteiger partial charge in [0.25, 0.3) is 5.97 Å². The second-order valence-electron chi connectivity index (χ2n) is 8.61. The highest BCUT2D eigenvalue weighted by Crippen LogP contribution is 2.13. The molecule has 0 heterocycles. The Morgan fingerprint density at radius 2 is 0.588 bits per heavy atom. The van der Waals surface area contributed by atoms with Gasteiger partial charge in [-0.3, -0.25) is 19.2 Å². The predicted molar refractivity (Wildman–Crippen MR) is 134 cm³/mol. The van der Waals surface area contributed by atoms with E-state index in [4.69, 9.17) is 25.2 Å². The molecule has 0 aromatic rings. The third-order valence-corrected chi connectivity index (χ3v) is 5.03. The molecule has 0 atom stereocenters. The molecule has 0 radical (unpaired) electrons. The minimum absolute atomic E-state index is 0.0628. The molecule has 0 saturated heterocycles. The van der Waals surface area contributed by atoms with Crippen LogP contribution in [0, 0.1) is 0 Å². The van der Waals surface area contributed by atoms with Crippen LogP contribution in [0.4, 0.5) is 0 Å². The second-order valence-corrected chi connectivity index (χ2v) is 8.61. The van der Waals surface area contributed by atoms with Gasteiger partial charge in [-0.15, -0.1) is 0 Å². The summed E-state index contributed by atoms with van der Waals surface area (Å²) in [7, 11) is 0. The quantitative estimate of drug-likeness (QED) is 0.124. The zero-order valence-electron chi connectivity index (χ0n) is 21.6. The maximum Gasteiger partial charge on any atom is 0.303 e. The first-order valence-corrected chi connectivity index (χ1v) is 13.0. The fourth-order valence-electron chi connectivity index (χ4n) is 3.20. The van der Waals surface area contributed by atoms with E-state index in [2.05, 4.69) is 6.92 Å². The van der Waals surface area contributed by atoms with Crippen molar-refractivity contribution in [3.05, 3.63) is 0 Å². The molecule has 0 fully saturated rings. The van der Waals surface area contributed by atoms with Crippen LogP contribution in [-0.4, -0.2) is 44.3 Å². The van der Waals surface area contributed by atoms with E-state index in [9.17, 15) is 14.4 Å². The Labute approximate surface area is 206 Å². The molecule has 0 aliphatic heterocycles. The summed E-state index contributed by atoms with van der Waals surface area (Å²) in [5.74, 6) is -3.23. The highest BCUT2D eigenvalue weighted by Gasteiger charge is 1.99. The van der Waals surface area contributed by atoms with Gasteiger partial charge in [0, 0.05) is 26.2 Å². The number of carboxylic acid groups (broad SMARTS) is 4. The van der Waals surface area contributed by atoms with Gasteiger partial charge in [-0.25, -0.2) is 0 Å². The summed E-state index contributed by atoms with van der Waals surface area (Å²) in [6.07, 6.45) is 21.2. The number of aliphatic carboxylic acids is 4. The topological polar surface area (TPSA) is 149 Å². The number of hydrogen-bond donors (Lipinski definition) is 4. The lowest BCUT2D eigenvalue weighted by molar-refractivity contribution is -0.139. The summed E-state index contributed by atoms with van der Waals surface area (Å²) in [6.45, 7) is 3.35. The zero-order valence-corrected chi connectivity index (χ0v) is 21.6. The molecule has 34 heavy (non-hydrogen) atoms. The van der Waals surface area contributed by atoms with Gasteiger partial charge in [-0.2, -0.15) is 0 Å². The third-order valence-electron chi connectivity index (χ3n) is 5.03. The maximum absolute atomic E-state index is 10.3. The van der Waals surface area contributed by atoms with Crippen molar-refractivity contribution < 1.29 is 39.6 Å². The second kappa shape index (κ2) is 30.9. The van der Waals surface area contributed by atoms with Gasteiger partial charge >= 0.3 is 17.9 Å². The number of hydrogen-bond acceptors (Lipinski definition) is 4. The van der Waals surface area contributed by atoms with E-state index in [1.807, 2.05) is 0 Å². The van der Waals surface area contributed by atoms with E-state index in [1.165, 1.54) is 83.5 Å². The molecule has 0 saturated carbocycles. The summed E-state index contributed by atoms with van der Waals surface area (Å²) in [5.41, 5.74) is 0. The number of carbonyl (C=O) groups is 4. The highest BCUT2D eigenvalue weighted by molar-refractivity contribution is 5.68. The lowest BCUT2D eigenvalue weighted by Crippen LogP contribution is -1.97. The van der Waals surface area contributed by atoms with Crippen LogP contribution in [0.3, 0.4) is 0 Å². The van der Waals surface area contributed by atoms with Crippen LogP contribution >= 0.6 is 0 Å². The van der Waals surface area contributed by atoms with Crippen LogP contribution in [0.25, 0.3) is 0 Å². The molecule has 8 nitrogen and oxygen atoms in total. The molecule has 4 N–H and O–H groups in total. The molecular formula is C26H50O8. The Morgan fingerprint density at radius 1 is 0.412 bits per heavy atom. The van der Waals surface area contributed by atoms with E-state index < -0.39 is 23.9 Å². The highest BCUT2D eigenvalue weighted by atomic mass is 16.4. The van der Waals surface area contributed by atoms with Gasteiger partial charge in [0.05, 0.1) is 0 Å². The molecule has 0 amide bonds. The normalized spacial score (nSPS) is 9.82. The largest absolute Gasteiger partial charge is 0.481 e. The van der Waals surface area contributed by atoms with Crippen LogP contribution in [0.5, 0.6) is 0 Å². The lowest BCUT2D eigenvalue weighted by Gasteiger charge is -2.03. The molecule has 202 valence electrons. The summed E-state index contributed by atoms with van der Waals surface area (Å²) >= 11 is 0. The monoisotopic (exact) mass is 490 g/mol. The Bertz CT molecular complexity index is 471. The fourth-order valence-corrected chi connectivity index (χ4v) is 3.20. The summed E-state index contributed by atoms with van der Waals surface area (Å²) in [5, 5.41) is 32.2. The summed E-state index contributed by atoms with van der Waals surface area (Å²) in [4.78, 5) is 39.1. The minimum atomic E-state index is -0.870. The van der Waals surface area contributed by atoms with Gasteiger partial charge in [-0.1, -0.05) is 96.8 Å². The van der Waals surface area contributed by atoms with Crippen LogP contribution < -0.4 is 0 Å². The van der Waals surface area contributed by atoms with Crippen LogP contribution in [0.1, 0.15) is 142 Å². The third kappa shape index (κ3) is 52.1. The Kier molecular flexibility index (Phi) is 33.1. The van der Waals surface area contributed by atoms with Crippen molar-refractivity contribution in [3.63, 3.8) is 0 Å². The molecule has 0 rings (SSSR count). The predicted octanol–water partition coefficient (Wildman–Crippen LogP) is 7.14. The summed E-state index contributed by atoms with van der Waals surface area (Å²) in [6, 6.07) is 0. The summed E-state index contributed by atoms with van der Waals surface area (Å²) < 4.78 is 0. The van der Waals surface area contributed by atoms with Gasteiger partial charge in [0.2, 0.25) is 0 Å². The van der Waals surface area contributed by atoms with Gasteiger partial charge in [-0.05, 0) is 19.3 Å². The molecule has 0 aliphatic carbocycles. The average Bonchev–Trinajstić information content (AvgIpc) is 2.73. The smallest absolute Gasteiger partial charge is 0.303 e. The first kappa shape index (κ1) is 36.4. The lowest BCUT2D eigenvalue weighted by atomic mass is 10.0. The van der Waals surface area contributed by atoms with Crippen molar-refractivity contribution in [3.8, 4) is 0 Å². The molecule has 0 unspecified atom stereocenters. The van der Waals surface area contributed by atoms with Crippen molar-refractivity contribution in [1.82, 2.24) is 0 Å². The number of rotatable bonds is 21. The minimum Gasteiger partial charge on any atom is -0.481 e. The first-order valence-electron chi connectivity index (χ1n) is 13.0. The van der Waals surface area contributed by atoms with E-state index >= 15 is 0 Å². The van der Waals surface area contributed by atoms with E-state index in [0.717, 1.165) is 19.8 Å². The number of unbranched alkanes of at least 4 members (excludes halogenated alkanes) is 15. The fraction of sp³-hybridized carbons (Fsp3) is 0.846. The van der Waals surface area contributed by atoms with Crippen LogP contribution in [0.2, 0.25) is 0 Å². The molecule has 8 heteroatoms. The maximum atomic E-state index is 10.3. The number of carboxylic acids is 4. The molecule has 0 bridgehead atoms. The van der Waals surface area contributed by atoms with Gasteiger partial charge in [0.1, 0.15) is 0 Å².